The number of anilines is 1. The third kappa shape index (κ3) is 4.35. The zero-order chi connectivity index (χ0) is 20.1. The number of aryl methyl sites for hydroxylation is 1. The summed E-state index contributed by atoms with van der Waals surface area (Å²) in [6.07, 6.45) is 5.42. The molecule has 144 valence electrons. The molecule has 0 atom stereocenters. The van der Waals surface area contributed by atoms with Gasteiger partial charge in [-0.2, -0.15) is 5.10 Å². The summed E-state index contributed by atoms with van der Waals surface area (Å²) < 4.78 is 8.67. The molecule has 0 aliphatic rings. The molecule has 0 aliphatic heterocycles. The highest BCUT2D eigenvalue weighted by Crippen LogP contribution is 2.29. The molecule has 2 heterocycles. The predicted molar refractivity (Wildman–Crippen MR) is 101 cm³/mol. The summed E-state index contributed by atoms with van der Waals surface area (Å²) in [5, 5.41) is 23.5. The van der Waals surface area contributed by atoms with Crippen LogP contribution in [0.2, 0.25) is 0 Å². The molecule has 0 saturated carbocycles. The number of aromatic nitrogens is 3. The molecule has 10 heteroatoms. The lowest BCUT2D eigenvalue weighted by atomic mass is 10.1. The van der Waals surface area contributed by atoms with Crippen molar-refractivity contribution in [3.05, 3.63) is 70.2 Å². The minimum Gasteiger partial charge on any atom is -0.382 e. The Bertz CT molecular complexity index is 1010. The molecule has 0 unspecified atom stereocenters. The summed E-state index contributed by atoms with van der Waals surface area (Å²) in [6, 6.07) is 8.28. The number of azo groups is 1. The second kappa shape index (κ2) is 8.35. The summed E-state index contributed by atoms with van der Waals surface area (Å²) in [5.74, 6) is 0.382. The van der Waals surface area contributed by atoms with Gasteiger partial charge < -0.3 is 10.5 Å². The van der Waals surface area contributed by atoms with Gasteiger partial charge in [-0.1, -0.05) is 0 Å². The molecule has 2 aromatic heterocycles. The second-order valence-electron chi connectivity index (χ2n) is 6.15. The van der Waals surface area contributed by atoms with Gasteiger partial charge in [0.25, 0.3) is 5.69 Å². The van der Waals surface area contributed by atoms with E-state index in [2.05, 4.69) is 15.3 Å². The van der Waals surface area contributed by atoms with Crippen molar-refractivity contribution in [1.82, 2.24) is 9.78 Å². The predicted octanol–water partition coefficient (Wildman–Crippen LogP) is 2.81. The molecule has 0 bridgehead atoms. The number of hydrogen-bond donors (Lipinski definition) is 1. The van der Waals surface area contributed by atoms with Crippen LogP contribution >= 0.6 is 0 Å². The van der Waals surface area contributed by atoms with E-state index in [1.165, 1.54) is 31.5 Å². The maximum Gasteiger partial charge on any atom is 0.269 e. The van der Waals surface area contributed by atoms with Crippen molar-refractivity contribution in [2.45, 2.75) is 13.2 Å². The van der Waals surface area contributed by atoms with Crippen LogP contribution in [0.5, 0.6) is 0 Å². The van der Waals surface area contributed by atoms with E-state index in [1.807, 2.05) is 36.1 Å². The Morgan fingerprint density at radius 1 is 1.25 bits per heavy atom. The van der Waals surface area contributed by atoms with Crippen LogP contribution in [-0.2, 0) is 24.9 Å². The number of ether oxygens (including phenoxy) is 1. The first-order valence-electron chi connectivity index (χ1n) is 8.41. The molecular formula is C18H20N7O3+. The minimum atomic E-state index is -0.467. The van der Waals surface area contributed by atoms with E-state index >= 15 is 0 Å². The number of methoxy groups -OCH3 is 1. The molecule has 0 fully saturated rings. The van der Waals surface area contributed by atoms with Gasteiger partial charge in [0.15, 0.2) is 12.4 Å². The number of nitro groups is 1. The van der Waals surface area contributed by atoms with Gasteiger partial charge in [-0.05, 0) is 11.6 Å². The molecule has 2 N–H and O–H groups in total. The summed E-state index contributed by atoms with van der Waals surface area (Å²) >= 11 is 0. The van der Waals surface area contributed by atoms with Crippen LogP contribution in [0.4, 0.5) is 22.9 Å². The molecule has 10 nitrogen and oxygen atoms in total. The molecule has 3 rings (SSSR count). The quantitative estimate of drug-likeness (QED) is 0.291. The maximum atomic E-state index is 10.9. The normalized spacial score (nSPS) is 11.2. The van der Waals surface area contributed by atoms with E-state index < -0.39 is 4.92 Å². The highest BCUT2D eigenvalue weighted by molar-refractivity contribution is 5.57. The number of nitrogen functional groups attached to an aromatic ring is 1. The first-order chi connectivity index (χ1) is 13.5. The summed E-state index contributed by atoms with van der Waals surface area (Å²) in [7, 11) is 3.45. The van der Waals surface area contributed by atoms with Gasteiger partial charge in [0, 0.05) is 36.9 Å². The first-order valence-corrected chi connectivity index (χ1v) is 8.41. The fourth-order valence-corrected chi connectivity index (χ4v) is 2.56. The highest BCUT2D eigenvalue weighted by atomic mass is 16.6. The Morgan fingerprint density at radius 3 is 2.64 bits per heavy atom. The largest absolute Gasteiger partial charge is 0.382 e. The van der Waals surface area contributed by atoms with Crippen LogP contribution in [-0.4, -0.2) is 21.8 Å². The lowest BCUT2D eigenvalue weighted by molar-refractivity contribution is -0.671. The Kier molecular flexibility index (Phi) is 5.70. The Hall–Kier alpha value is -3.66. The van der Waals surface area contributed by atoms with Crippen molar-refractivity contribution >= 4 is 22.9 Å². The van der Waals surface area contributed by atoms with Gasteiger partial charge in [-0.3, -0.25) is 10.1 Å². The lowest BCUT2D eigenvalue weighted by Gasteiger charge is -2.04. The number of non-ortho nitro benzene ring substituents is 1. The van der Waals surface area contributed by atoms with E-state index in [-0.39, 0.29) is 12.3 Å². The summed E-state index contributed by atoms with van der Waals surface area (Å²) in [6.45, 7) is 0.685. The van der Waals surface area contributed by atoms with E-state index in [0.717, 1.165) is 5.56 Å². The lowest BCUT2D eigenvalue weighted by Crippen LogP contribution is -2.26. The molecule has 1 aromatic carbocycles. The van der Waals surface area contributed by atoms with Crippen LogP contribution in [0, 0.1) is 10.1 Å². The third-order valence-corrected chi connectivity index (χ3v) is 4.08. The van der Waals surface area contributed by atoms with Crippen LogP contribution in [0.25, 0.3) is 0 Å². The molecule has 0 saturated heterocycles. The number of benzene rings is 1. The van der Waals surface area contributed by atoms with Crippen LogP contribution in [0.3, 0.4) is 0 Å². The molecule has 0 aliphatic carbocycles. The van der Waals surface area contributed by atoms with Gasteiger partial charge in [0.05, 0.1) is 30.0 Å². The van der Waals surface area contributed by atoms with Gasteiger partial charge in [0.1, 0.15) is 18.6 Å². The number of hydrogen-bond acceptors (Lipinski definition) is 7. The van der Waals surface area contributed by atoms with E-state index in [4.69, 9.17) is 10.5 Å². The maximum absolute atomic E-state index is 10.9. The average Bonchev–Trinajstić information content (AvgIpc) is 3.02. The minimum absolute atomic E-state index is 0.0328. The summed E-state index contributed by atoms with van der Waals surface area (Å²) in [4.78, 5) is 10.5. The molecule has 0 radical (unpaired) electrons. The standard InChI is InChI=1S/C18H20N7O3/c1-23-7-5-13(6-8-23)11-24-18(19)17(10-20-24)22-21-16-4-3-15(25(26)27)9-14(16)12-28-2/h3-10H,11-12,19H2,1-2H3/q+1. The fourth-order valence-electron chi connectivity index (χ4n) is 2.56. The first kappa shape index (κ1) is 19.1. The number of nitro benzene ring substituents is 1. The SMILES string of the molecule is COCc1cc([N+](=O)[O-])ccc1N=Nc1cnn(Cc2cc[n+](C)cc2)c1N. The van der Waals surface area contributed by atoms with Gasteiger partial charge in [0.2, 0.25) is 0 Å². The molecular weight excluding hydrogens is 362 g/mol. The smallest absolute Gasteiger partial charge is 0.269 e. The Morgan fingerprint density at radius 2 is 1.96 bits per heavy atom. The highest BCUT2D eigenvalue weighted by Gasteiger charge is 2.12. The Labute approximate surface area is 161 Å². The Balaban J connectivity index is 1.82. The molecule has 0 amide bonds. The van der Waals surface area contributed by atoms with Crippen molar-refractivity contribution in [2.75, 3.05) is 12.8 Å². The zero-order valence-electron chi connectivity index (χ0n) is 15.5. The summed E-state index contributed by atoms with van der Waals surface area (Å²) in [5.41, 5.74) is 8.60. The zero-order valence-corrected chi connectivity index (χ0v) is 15.5. The van der Waals surface area contributed by atoms with Crippen molar-refractivity contribution in [3.8, 4) is 0 Å². The van der Waals surface area contributed by atoms with E-state index in [9.17, 15) is 10.1 Å². The van der Waals surface area contributed by atoms with E-state index in [0.29, 0.717) is 29.3 Å². The second-order valence-corrected chi connectivity index (χ2v) is 6.15. The van der Waals surface area contributed by atoms with Gasteiger partial charge in [-0.25, -0.2) is 9.25 Å². The number of pyridine rings is 1. The van der Waals surface area contributed by atoms with Crippen LogP contribution in [0.1, 0.15) is 11.1 Å². The third-order valence-electron chi connectivity index (χ3n) is 4.08. The number of nitrogens with two attached hydrogens (primary N) is 1. The van der Waals surface area contributed by atoms with Crippen molar-refractivity contribution in [3.63, 3.8) is 0 Å². The van der Waals surface area contributed by atoms with Crippen molar-refractivity contribution < 1.29 is 14.2 Å². The molecule has 0 spiro atoms. The topological polar surface area (TPSA) is 125 Å². The van der Waals surface area contributed by atoms with Crippen molar-refractivity contribution in [2.24, 2.45) is 17.3 Å². The number of rotatable bonds is 7. The van der Waals surface area contributed by atoms with Gasteiger partial charge >= 0.3 is 0 Å². The van der Waals surface area contributed by atoms with Crippen molar-refractivity contribution in [1.29, 1.82) is 0 Å². The molecule has 3 aromatic rings. The molecule has 28 heavy (non-hydrogen) atoms. The van der Waals surface area contributed by atoms with E-state index in [1.54, 1.807) is 4.68 Å². The van der Waals surface area contributed by atoms with Crippen LogP contribution < -0.4 is 10.3 Å². The average molecular weight is 382 g/mol. The number of nitrogens with zero attached hydrogens (tertiary/aromatic N) is 6. The van der Waals surface area contributed by atoms with Gasteiger partial charge in [-0.15, -0.1) is 10.2 Å². The fraction of sp³-hybridized carbons (Fsp3) is 0.222. The monoisotopic (exact) mass is 382 g/mol. The van der Waals surface area contributed by atoms with Crippen LogP contribution in [0.15, 0.2) is 59.2 Å².